The molecule has 2 aromatic rings. The van der Waals surface area contributed by atoms with Gasteiger partial charge in [0, 0.05) is 6.07 Å². The predicted octanol–water partition coefficient (Wildman–Crippen LogP) is 0.959. The first-order valence-corrected chi connectivity index (χ1v) is 6.00. The number of aromatic hydroxyl groups is 1. The van der Waals surface area contributed by atoms with Crippen LogP contribution in [0.1, 0.15) is 0 Å². The molecule has 0 saturated carbocycles. The van der Waals surface area contributed by atoms with Gasteiger partial charge in [0.1, 0.15) is 5.82 Å². The summed E-state index contributed by atoms with van der Waals surface area (Å²) in [6, 6.07) is 3.65. The Morgan fingerprint density at radius 2 is 2.06 bits per heavy atom. The molecule has 0 spiro atoms. The second-order valence-corrected chi connectivity index (χ2v) is 4.84. The molecular weight excluding hydrogens is 226 g/mol. The zero-order valence-electron chi connectivity index (χ0n) is 8.72. The average molecular weight is 239 g/mol. The molecule has 2 aromatic heterocycles. The number of anilines is 1. The maximum absolute atomic E-state index is 9.48. The zero-order chi connectivity index (χ0) is 11.1. The van der Waals surface area contributed by atoms with Crippen LogP contribution < -0.4 is 10.7 Å². The normalized spacial score (nSPS) is 17.1. The van der Waals surface area contributed by atoms with Crippen molar-refractivity contribution in [1.29, 1.82) is 0 Å². The molecule has 16 heavy (non-hydrogen) atoms. The van der Waals surface area contributed by atoms with E-state index in [9.17, 15) is 5.11 Å². The molecule has 1 saturated heterocycles. The van der Waals surface area contributed by atoms with E-state index >= 15 is 0 Å². The molecule has 3 heterocycles. The summed E-state index contributed by atoms with van der Waals surface area (Å²) >= 11 is 1.35. The standard InChI is InChI=1S/C10H13N3O2S/c11-9-6-8-7(5-10(14)16-8)13(9)12-1-3-15-4-2-12/h5-6,14H,1-4,11H2. The Morgan fingerprint density at radius 1 is 1.31 bits per heavy atom. The Labute approximate surface area is 96.6 Å². The summed E-state index contributed by atoms with van der Waals surface area (Å²) in [5, 5.41) is 12.0. The summed E-state index contributed by atoms with van der Waals surface area (Å²) in [5.41, 5.74) is 6.96. The summed E-state index contributed by atoms with van der Waals surface area (Å²) in [7, 11) is 0. The number of aromatic nitrogens is 1. The van der Waals surface area contributed by atoms with Gasteiger partial charge in [0.2, 0.25) is 0 Å². The van der Waals surface area contributed by atoms with Crippen molar-refractivity contribution in [2.24, 2.45) is 0 Å². The summed E-state index contributed by atoms with van der Waals surface area (Å²) in [5.74, 6) is 0.711. The van der Waals surface area contributed by atoms with Gasteiger partial charge in [-0.25, -0.2) is 4.68 Å². The summed E-state index contributed by atoms with van der Waals surface area (Å²) < 4.78 is 8.29. The summed E-state index contributed by atoms with van der Waals surface area (Å²) in [4.78, 5) is 0. The van der Waals surface area contributed by atoms with E-state index in [0.29, 0.717) is 10.9 Å². The van der Waals surface area contributed by atoms with Gasteiger partial charge in [-0.05, 0) is 6.07 Å². The lowest BCUT2D eigenvalue weighted by molar-refractivity contribution is 0.112. The Hall–Kier alpha value is -1.40. The molecule has 0 radical (unpaired) electrons. The highest BCUT2D eigenvalue weighted by Crippen LogP contribution is 2.34. The number of hydrogen-bond donors (Lipinski definition) is 2. The summed E-state index contributed by atoms with van der Waals surface area (Å²) in [6.07, 6.45) is 0. The van der Waals surface area contributed by atoms with Gasteiger partial charge in [-0.3, -0.25) is 0 Å². The van der Waals surface area contributed by atoms with Gasteiger partial charge >= 0.3 is 0 Å². The highest BCUT2D eigenvalue weighted by Gasteiger charge is 2.17. The van der Waals surface area contributed by atoms with Gasteiger partial charge in [0.25, 0.3) is 0 Å². The SMILES string of the molecule is Nc1cc2sc(O)cc2n1N1CCOCC1. The van der Waals surface area contributed by atoms with E-state index in [1.165, 1.54) is 11.3 Å². The number of fused-ring (bicyclic) bond motifs is 1. The number of thiophene rings is 1. The molecule has 1 aliphatic rings. The summed E-state index contributed by atoms with van der Waals surface area (Å²) in [6.45, 7) is 3.08. The number of ether oxygens (including phenoxy) is 1. The topological polar surface area (TPSA) is 63.7 Å². The lowest BCUT2D eigenvalue weighted by Gasteiger charge is -2.31. The minimum atomic E-state index is 0.326. The van der Waals surface area contributed by atoms with Crippen molar-refractivity contribution >= 4 is 27.4 Å². The molecule has 0 aliphatic carbocycles. The van der Waals surface area contributed by atoms with Gasteiger partial charge in [-0.15, -0.1) is 0 Å². The lowest BCUT2D eigenvalue weighted by atomic mass is 10.5. The Bertz CT molecular complexity index is 513. The zero-order valence-corrected chi connectivity index (χ0v) is 9.54. The fraction of sp³-hybridized carbons (Fsp3) is 0.400. The number of nitrogens with zero attached hydrogens (tertiary/aromatic N) is 2. The number of nitrogen functional groups attached to an aromatic ring is 1. The lowest BCUT2D eigenvalue weighted by Crippen LogP contribution is -2.44. The first-order valence-electron chi connectivity index (χ1n) is 5.18. The molecule has 86 valence electrons. The molecule has 0 atom stereocenters. The highest BCUT2D eigenvalue weighted by molar-refractivity contribution is 7.20. The number of hydrogen-bond acceptors (Lipinski definition) is 5. The van der Waals surface area contributed by atoms with Crippen LogP contribution in [-0.2, 0) is 4.74 Å². The predicted molar refractivity (Wildman–Crippen MR) is 64.7 cm³/mol. The van der Waals surface area contributed by atoms with Crippen LogP contribution in [0, 0.1) is 0 Å². The van der Waals surface area contributed by atoms with Crippen molar-refractivity contribution in [1.82, 2.24) is 4.68 Å². The second-order valence-electron chi connectivity index (χ2n) is 3.78. The van der Waals surface area contributed by atoms with Crippen LogP contribution in [0.5, 0.6) is 5.06 Å². The van der Waals surface area contributed by atoms with Crippen LogP contribution in [0.4, 0.5) is 5.82 Å². The van der Waals surface area contributed by atoms with E-state index in [0.717, 1.165) is 36.5 Å². The molecule has 5 nitrogen and oxygen atoms in total. The molecule has 3 N–H and O–H groups in total. The smallest absolute Gasteiger partial charge is 0.173 e. The van der Waals surface area contributed by atoms with Crippen LogP contribution in [0.15, 0.2) is 12.1 Å². The van der Waals surface area contributed by atoms with Crippen LogP contribution in [-0.4, -0.2) is 36.1 Å². The third kappa shape index (κ3) is 1.42. The molecule has 0 bridgehead atoms. The number of nitrogens with two attached hydrogens (primary N) is 1. The maximum Gasteiger partial charge on any atom is 0.173 e. The first-order chi connectivity index (χ1) is 7.75. The molecular formula is C10H13N3O2S. The average Bonchev–Trinajstić information content (AvgIpc) is 2.74. The molecule has 6 heteroatoms. The number of morpholine rings is 1. The van der Waals surface area contributed by atoms with Crippen molar-refractivity contribution in [2.75, 3.05) is 37.0 Å². The highest BCUT2D eigenvalue weighted by atomic mass is 32.1. The van der Waals surface area contributed by atoms with Gasteiger partial charge in [-0.2, -0.15) is 0 Å². The monoisotopic (exact) mass is 239 g/mol. The maximum atomic E-state index is 9.48. The Kier molecular flexibility index (Phi) is 2.19. The number of rotatable bonds is 1. The van der Waals surface area contributed by atoms with Crippen molar-refractivity contribution in [3.05, 3.63) is 12.1 Å². The van der Waals surface area contributed by atoms with E-state index < -0.39 is 0 Å². The largest absolute Gasteiger partial charge is 0.499 e. The Morgan fingerprint density at radius 3 is 2.81 bits per heavy atom. The van der Waals surface area contributed by atoms with Gasteiger partial charge in [0.15, 0.2) is 5.06 Å². The van der Waals surface area contributed by atoms with E-state index in [1.807, 2.05) is 10.7 Å². The van der Waals surface area contributed by atoms with Gasteiger partial charge in [-0.1, -0.05) is 11.3 Å². The molecule has 0 unspecified atom stereocenters. The van der Waals surface area contributed by atoms with Crippen molar-refractivity contribution in [3.8, 4) is 5.06 Å². The second kappa shape index (κ2) is 3.57. The van der Waals surface area contributed by atoms with Crippen LogP contribution in [0.2, 0.25) is 0 Å². The van der Waals surface area contributed by atoms with Gasteiger partial charge in [0.05, 0.1) is 36.5 Å². The molecule has 1 fully saturated rings. The first kappa shape index (κ1) is 9.80. The van der Waals surface area contributed by atoms with Crippen molar-refractivity contribution in [2.45, 2.75) is 0 Å². The Balaban J connectivity index is 2.09. The molecule has 0 aromatic carbocycles. The van der Waals surface area contributed by atoms with Crippen LogP contribution in [0.3, 0.4) is 0 Å². The molecule has 0 amide bonds. The van der Waals surface area contributed by atoms with Crippen LogP contribution >= 0.6 is 11.3 Å². The van der Waals surface area contributed by atoms with E-state index in [1.54, 1.807) is 6.07 Å². The minimum absolute atomic E-state index is 0.326. The van der Waals surface area contributed by atoms with Crippen molar-refractivity contribution in [3.63, 3.8) is 0 Å². The fourth-order valence-electron chi connectivity index (χ4n) is 2.06. The van der Waals surface area contributed by atoms with E-state index in [2.05, 4.69) is 5.01 Å². The van der Waals surface area contributed by atoms with E-state index in [-0.39, 0.29) is 0 Å². The van der Waals surface area contributed by atoms with E-state index in [4.69, 9.17) is 10.5 Å². The third-order valence-electron chi connectivity index (χ3n) is 2.75. The fourth-order valence-corrected chi connectivity index (χ4v) is 2.88. The molecule has 1 aliphatic heterocycles. The van der Waals surface area contributed by atoms with Crippen molar-refractivity contribution < 1.29 is 9.84 Å². The van der Waals surface area contributed by atoms with Crippen LogP contribution in [0.25, 0.3) is 10.2 Å². The van der Waals surface area contributed by atoms with Gasteiger partial charge < -0.3 is 20.6 Å². The minimum Gasteiger partial charge on any atom is -0.499 e. The third-order valence-corrected chi connectivity index (χ3v) is 3.62. The quantitative estimate of drug-likeness (QED) is 0.778. The molecule has 3 rings (SSSR count).